The average Bonchev–Trinajstić information content (AvgIpc) is 2.80. The molecule has 0 bridgehead atoms. The Kier molecular flexibility index (Phi) is 9.06. The van der Waals surface area contributed by atoms with Crippen LogP contribution in [0.5, 0.6) is 0 Å². The molecule has 0 aliphatic heterocycles. The van der Waals surface area contributed by atoms with Crippen LogP contribution in [0.25, 0.3) is 0 Å². The number of carbonyl (C=O) groups excluding carboxylic acids is 1. The van der Waals surface area contributed by atoms with Crippen molar-refractivity contribution in [2.75, 3.05) is 0 Å². The first kappa shape index (κ1) is 25.7. The van der Waals surface area contributed by atoms with Gasteiger partial charge in [-0.3, -0.25) is 9.69 Å². The Balaban J connectivity index is 2.01. The molecule has 0 radical (unpaired) electrons. The molecule has 3 rings (SSSR count). The number of ether oxygens (including phenoxy) is 1. The Morgan fingerprint density at radius 1 is 0.853 bits per heavy atom. The highest BCUT2D eigenvalue weighted by molar-refractivity contribution is 5.69. The van der Waals surface area contributed by atoms with Gasteiger partial charge in [0.2, 0.25) is 0 Å². The molecule has 0 saturated heterocycles. The van der Waals surface area contributed by atoms with Gasteiger partial charge < -0.3 is 4.74 Å². The topological polar surface area (TPSA) is 29.5 Å². The van der Waals surface area contributed by atoms with E-state index in [0.29, 0.717) is 6.42 Å². The monoisotopic (exact) mass is 457 g/mol. The van der Waals surface area contributed by atoms with Crippen molar-refractivity contribution in [3.63, 3.8) is 0 Å². The van der Waals surface area contributed by atoms with Crippen LogP contribution in [0.4, 0.5) is 0 Å². The zero-order valence-electron chi connectivity index (χ0n) is 21.6. The van der Waals surface area contributed by atoms with Crippen molar-refractivity contribution in [1.82, 2.24) is 4.90 Å². The summed E-state index contributed by atoms with van der Waals surface area (Å²) in [7, 11) is 0. The summed E-state index contributed by atoms with van der Waals surface area (Å²) in [4.78, 5) is 15.1. The molecular weight excluding hydrogens is 418 g/mol. The van der Waals surface area contributed by atoms with Crippen LogP contribution in [0, 0.1) is 27.7 Å². The number of hydrogen-bond donors (Lipinski definition) is 0. The van der Waals surface area contributed by atoms with E-state index in [1.54, 1.807) is 0 Å². The predicted octanol–water partition coefficient (Wildman–Crippen LogP) is 7.40. The lowest BCUT2D eigenvalue weighted by Gasteiger charge is -2.36. The molecule has 180 valence electrons. The number of aryl methyl sites for hydroxylation is 4. The lowest BCUT2D eigenvalue weighted by Crippen LogP contribution is -2.39. The molecule has 34 heavy (non-hydrogen) atoms. The number of hydrogen-bond acceptors (Lipinski definition) is 3. The maximum atomic E-state index is 12.6. The van der Waals surface area contributed by atoms with E-state index in [2.05, 4.69) is 88.0 Å². The quantitative estimate of drug-likeness (QED) is 0.297. The molecule has 3 aromatic carbocycles. The van der Waals surface area contributed by atoms with E-state index in [1.165, 1.54) is 33.4 Å². The summed E-state index contributed by atoms with van der Waals surface area (Å²) in [6, 6.07) is 23.2. The van der Waals surface area contributed by atoms with Gasteiger partial charge in [0.25, 0.3) is 0 Å². The summed E-state index contributed by atoms with van der Waals surface area (Å²) in [6.45, 7) is 14.5. The normalized spacial score (nSPS) is 13.0. The number of esters is 1. The van der Waals surface area contributed by atoms with Crippen LogP contribution < -0.4 is 0 Å². The largest absolute Gasteiger partial charge is 0.456 e. The number of rotatable bonds is 10. The van der Waals surface area contributed by atoms with Crippen LogP contribution in [0.3, 0.4) is 0 Å². The summed E-state index contributed by atoms with van der Waals surface area (Å²) in [5, 5.41) is 0. The Labute approximate surface area is 205 Å². The Morgan fingerprint density at radius 3 is 2.09 bits per heavy atom. The van der Waals surface area contributed by atoms with E-state index in [-0.39, 0.29) is 18.1 Å². The molecular formula is C31H39NO2. The third-order valence-electron chi connectivity index (χ3n) is 6.69. The summed E-state index contributed by atoms with van der Waals surface area (Å²) in [5.74, 6) is -0.137. The lowest BCUT2D eigenvalue weighted by atomic mass is 9.96. The summed E-state index contributed by atoms with van der Waals surface area (Å²) in [5.41, 5.74) is 8.84. The van der Waals surface area contributed by atoms with Crippen LogP contribution in [0.1, 0.15) is 71.7 Å². The van der Waals surface area contributed by atoms with E-state index >= 15 is 0 Å². The zero-order valence-corrected chi connectivity index (χ0v) is 21.6. The minimum atomic E-state index is -0.338. The van der Waals surface area contributed by atoms with Gasteiger partial charge in [-0.05, 0) is 74.4 Å². The third kappa shape index (κ3) is 6.57. The maximum absolute atomic E-state index is 12.6. The molecule has 0 heterocycles. The van der Waals surface area contributed by atoms with Crippen LogP contribution in [0.15, 0.2) is 66.7 Å². The Hall–Kier alpha value is -2.91. The summed E-state index contributed by atoms with van der Waals surface area (Å²) in [6.07, 6.45) is 0.878. The second-order valence-corrected chi connectivity index (χ2v) is 9.52. The molecule has 0 fully saturated rings. The molecule has 0 amide bonds. The van der Waals surface area contributed by atoms with Crippen molar-refractivity contribution < 1.29 is 9.53 Å². The van der Waals surface area contributed by atoms with Crippen LogP contribution in [0.2, 0.25) is 0 Å². The first-order valence-electron chi connectivity index (χ1n) is 12.4. The highest BCUT2D eigenvalue weighted by Crippen LogP contribution is 2.30. The molecule has 0 aliphatic carbocycles. The first-order chi connectivity index (χ1) is 16.3. The van der Waals surface area contributed by atoms with Gasteiger partial charge in [0.05, 0.1) is 0 Å². The van der Waals surface area contributed by atoms with Crippen molar-refractivity contribution in [2.45, 2.75) is 79.6 Å². The molecule has 0 unspecified atom stereocenters. The highest BCUT2D eigenvalue weighted by Gasteiger charge is 2.29. The zero-order chi connectivity index (χ0) is 24.7. The first-order valence-corrected chi connectivity index (χ1v) is 12.4. The minimum absolute atomic E-state index is 0.0112. The highest BCUT2D eigenvalue weighted by atomic mass is 16.5. The molecule has 0 spiro atoms. The van der Waals surface area contributed by atoms with Crippen molar-refractivity contribution in [2.24, 2.45) is 0 Å². The Bertz CT molecular complexity index is 1070. The second-order valence-electron chi connectivity index (χ2n) is 9.52. The smallest absolute Gasteiger partial charge is 0.306 e. The standard InChI is InChI=1S/C31H39NO2/c1-7-13-30(33)34-31(27-15-9-8-10-16-27)26(6)32(20-28-17-12-11-14-23(28)3)21-29-24(4)18-22(2)19-25(29)5/h8-12,14-19,26,31H,7,13,20-21H2,1-6H3/t26-,31-/m0/s1. The van der Waals surface area contributed by atoms with Gasteiger partial charge in [-0.2, -0.15) is 0 Å². The van der Waals surface area contributed by atoms with Gasteiger partial charge in [0, 0.05) is 25.6 Å². The van der Waals surface area contributed by atoms with E-state index in [0.717, 1.165) is 25.1 Å². The van der Waals surface area contributed by atoms with Gasteiger partial charge in [-0.25, -0.2) is 0 Å². The fourth-order valence-electron chi connectivity index (χ4n) is 4.70. The third-order valence-corrected chi connectivity index (χ3v) is 6.69. The van der Waals surface area contributed by atoms with Gasteiger partial charge in [0.1, 0.15) is 6.10 Å². The fraction of sp³-hybridized carbons (Fsp3) is 0.387. The summed E-state index contributed by atoms with van der Waals surface area (Å²) < 4.78 is 6.12. The average molecular weight is 458 g/mol. The van der Waals surface area contributed by atoms with Crippen molar-refractivity contribution >= 4 is 5.97 Å². The summed E-state index contributed by atoms with van der Waals surface area (Å²) >= 11 is 0. The van der Waals surface area contributed by atoms with E-state index in [4.69, 9.17) is 4.74 Å². The van der Waals surface area contributed by atoms with E-state index < -0.39 is 0 Å². The van der Waals surface area contributed by atoms with Gasteiger partial charge >= 0.3 is 5.97 Å². The maximum Gasteiger partial charge on any atom is 0.306 e. The van der Waals surface area contributed by atoms with Crippen molar-refractivity contribution in [3.8, 4) is 0 Å². The van der Waals surface area contributed by atoms with Crippen molar-refractivity contribution in [3.05, 3.63) is 106 Å². The predicted molar refractivity (Wildman–Crippen MR) is 141 cm³/mol. The number of benzene rings is 3. The SMILES string of the molecule is CCCC(=O)O[C@H](c1ccccc1)[C@H](C)N(Cc1ccccc1C)Cc1c(C)cc(C)cc1C. The minimum Gasteiger partial charge on any atom is -0.456 e. The van der Waals surface area contributed by atoms with Gasteiger partial charge in [-0.15, -0.1) is 0 Å². The molecule has 0 aliphatic rings. The molecule has 0 saturated carbocycles. The number of carbonyl (C=O) groups is 1. The van der Waals surface area contributed by atoms with E-state index in [1.807, 2.05) is 25.1 Å². The van der Waals surface area contributed by atoms with Crippen LogP contribution in [-0.2, 0) is 22.6 Å². The van der Waals surface area contributed by atoms with Crippen LogP contribution >= 0.6 is 0 Å². The molecule has 3 nitrogen and oxygen atoms in total. The van der Waals surface area contributed by atoms with Gasteiger partial charge in [-0.1, -0.05) is 79.2 Å². The van der Waals surface area contributed by atoms with Crippen LogP contribution in [-0.4, -0.2) is 16.9 Å². The lowest BCUT2D eigenvalue weighted by molar-refractivity contribution is -0.153. The fourth-order valence-corrected chi connectivity index (χ4v) is 4.70. The van der Waals surface area contributed by atoms with Gasteiger partial charge in [0.15, 0.2) is 0 Å². The second kappa shape index (κ2) is 12.0. The molecule has 0 N–H and O–H groups in total. The number of nitrogens with zero attached hydrogens (tertiary/aromatic N) is 1. The molecule has 3 heteroatoms. The molecule has 2 atom stereocenters. The van der Waals surface area contributed by atoms with Crippen molar-refractivity contribution in [1.29, 1.82) is 0 Å². The van der Waals surface area contributed by atoms with E-state index in [9.17, 15) is 4.79 Å². The molecule has 3 aromatic rings. The Morgan fingerprint density at radius 2 is 1.47 bits per heavy atom. The molecule has 0 aromatic heterocycles.